The summed E-state index contributed by atoms with van der Waals surface area (Å²) < 4.78 is 26.3. The van der Waals surface area contributed by atoms with Gasteiger partial charge in [0.2, 0.25) is 11.8 Å². The van der Waals surface area contributed by atoms with E-state index < -0.39 is 28.9 Å². The van der Waals surface area contributed by atoms with Gasteiger partial charge in [-0.25, -0.2) is 13.8 Å². The average Bonchev–Trinajstić information content (AvgIpc) is 3.18. The number of hydroxylamine groups is 2. The molecule has 8 nitrogen and oxygen atoms in total. The molecule has 1 heterocycles. The fourth-order valence-electron chi connectivity index (χ4n) is 4.44. The molecule has 36 heavy (non-hydrogen) atoms. The molecule has 0 bridgehead atoms. The zero-order valence-corrected chi connectivity index (χ0v) is 20.0. The molecule has 1 fully saturated rings. The molecule has 1 unspecified atom stereocenters. The summed E-state index contributed by atoms with van der Waals surface area (Å²) in [7, 11) is 0. The maximum atomic E-state index is 13.3. The number of rotatable bonds is 12. The van der Waals surface area contributed by atoms with Gasteiger partial charge in [-0.05, 0) is 49.4 Å². The quantitative estimate of drug-likeness (QED) is 0.305. The van der Waals surface area contributed by atoms with E-state index in [9.17, 15) is 33.5 Å². The molecular weight excluding hydrogens is 472 g/mol. The van der Waals surface area contributed by atoms with Crippen molar-refractivity contribution in [3.05, 3.63) is 71.3 Å². The molecule has 0 saturated carbocycles. The van der Waals surface area contributed by atoms with Gasteiger partial charge in [0.1, 0.15) is 0 Å². The van der Waals surface area contributed by atoms with Crippen LogP contribution in [0.5, 0.6) is 0 Å². The summed E-state index contributed by atoms with van der Waals surface area (Å²) in [6.45, 7) is 0.486. The first-order valence-electron chi connectivity index (χ1n) is 11.9. The van der Waals surface area contributed by atoms with Gasteiger partial charge in [0.25, 0.3) is 5.91 Å². The van der Waals surface area contributed by atoms with Crippen molar-refractivity contribution >= 4 is 17.7 Å². The van der Waals surface area contributed by atoms with Crippen molar-refractivity contribution < 1.29 is 33.5 Å². The molecule has 0 spiro atoms. The molecule has 2 aromatic rings. The van der Waals surface area contributed by atoms with E-state index in [0.29, 0.717) is 43.8 Å². The van der Waals surface area contributed by atoms with Crippen LogP contribution in [0.2, 0.25) is 0 Å². The standard InChI is InChI=1S/C26H31F2N3O5/c27-21-8-7-20(17-22(21)28)24(34)29-12-15-31(36)23(33)18-26(10-4-16-32)11-14-30(25(26)35)13-9-19-5-2-1-3-6-19/h1-3,5-8,17,32,36H,4,9-16,18H2,(H,29,34). The first kappa shape index (κ1) is 27.2. The highest BCUT2D eigenvalue weighted by Gasteiger charge is 2.47. The Morgan fingerprint density at radius 2 is 1.86 bits per heavy atom. The van der Waals surface area contributed by atoms with Crippen LogP contribution in [-0.2, 0) is 16.0 Å². The minimum Gasteiger partial charge on any atom is -0.396 e. The third-order valence-electron chi connectivity index (χ3n) is 6.50. The lowest BCUT2D eigenvalue weighted by Crippen LogP contribution is -2.42. The van der Waals surface area contributed by atoms with Crippen LogP contribution in [0.25, 0.3) is 0 Å². The monoisotopic (exact) mass is 503 g/mol. The van der Waals surface area contributed by atoms with Crippen LogP contribution >= 0.6 is 0 Å². The van der Waals surface area contributed by atoms with Crippen LogP contribution in [0.1, 0.15) is 41.6 Å². The Kier molecular flexibility index (Phi) is 9.49. The second-order valence-electron chi connectivity index (χ2n) is 8.96. The molecule has 10 heteroatoms. The van der Waals surface area contributed by atoms with E-state index in [0.717, 1.165) is 23.8 Å². The largest absolute Gasteiger partial charge is 0.396 e. The SMILES string of the molecule is O=C(NCCN(O)C(=O)CC1(CCCO)CCN(CCc2ccccc2)C1=O)c1ccc(F)c(F)c1. The number of nitrogens with one attached hydrogen (secondary N) is 1. The third kappa shape index (κ3) is 6.86. The molecule has 0 aromatic heterocycles. The van der Waals surface area contributed by atoms with Crippen LogP contribution in [0.15, 0.2) is 48.5 Å². The fourth-order valence-corrected chi connectivity index (χ4v) is 4.44. The van der Waals surface area contributed by atoms with E-state index in [1.807, 2.05) is 30.3 Å². The maximum Gasteiger partial charge on any atom is 0.251 e. The van der Waals surface area contributed by atoms with Crippen LogP contribution in [0.4, 0.5) is 8.78 Å². The lowest BCUT2D eigenvalue weighted by Gasteiger charge is -2.29. The number of halogens is 2. The zero-order valence-electron chi connectivity index (χ0n) is 20.0. The summed E-state index contributed by atoms with van der Waals surface area (Å²) in [5.41, 5.74) is -0.00664. The van der Waals surface area contributed by atoms with Crippen molar-refractivity contribution in [2.75, 3.05) is 32.8 Å². The molecule has 194 valence electrons. The molecule has 1 atom stereocenters. The second-order valence-corrected chi connectivity index (χ2v) is 8.96. The van der Waals surface area contributed by atoms with E-state index in [-0.39, 0.29) is 37.6 Å². The predicted octanol–water partition coefficient (Wildman–Crippen LogP) is 2.54. The van der Waals surface area contributed by atoms with E-state index >= 15 is 0 Å². The molecule has 3 rings (SSSR count). The highest BCUT2D eigenvalue weighted by molar-refractivity contribution is 5.94. The number of aliphatic hydroxyl groups excluding tert-OH is 1. The summed E-state index contributed by atoms with van der Waals surface area (Å²) in [6.07, 6.45) is 1.56. The lowest BCUT2D eigenvalue weighted by atomic mass is 9.78. The Bertz CT molecular complexity index is 1070. The van der Waals surface area contributed by atoms with Crippen LogP contribution in [-0.4, -0.2) is 70.8 Å². The number of likely N-dealkylation sites (tertiary alicyclic amines) is 1. The molecule has 0 aliphatic carbocycles. The number of nitrogens with zero attached hydrogens (tertiary/aromatic N) is 2. The van der Waals surface area contributed by atoms with Gasteiger partial charge in [0, 0.05) is 38.2 Å². The van der Waals surface area contributed by atoms with Gasteiger partial charge in [0.05, 0.1) is 12.0 Å². The summed E-state index contributed by atoms with van der Waals surface area (Å²) >= 11 is 0. The molecule has 2 aromatic carbocycles. The Labute approximate surface area is 208 Å². The topological polar surface area (TPSA) is 110 Å². The maximum absolute atomic E-state index is 13.3. The normalized spacial score (nSPS) is 17.3. The van der Waals surface area contributed by atoms with Crippen molar-refractivity contribution in [3.8, 4) is 0 Å². The minimum atomic E-state index is -1.16. The molecule has 3 amide bonds. The number of benzene rings is 2. The van der Waals surface area contributed by atoms with Gasteiger partial charge >= 0.3 is 0 Å². The first-order chi connectivity index (χ1) is 17.3. The van der Waals surface area contributed by atoms with Crippen LogP contribution < -0.4 is 5.32 Å². The molecular formula is C26H31F2N3O5. The highest BCUT2D eigenvalue weighted by atomic mass is 19.2. The molecule has 1 aliphatic heterocycles. The fraction of sp³-hybridized carbons (Fsp3) is 0.423. The molecule has 1 aliphatic rings. The van der Waals surface area contributed by atoms with Crippen molar-refractivity contribution in [3.63, 3.8) is 0 Å². The predicted molar refractivity (Wildman–Crippen MR) is 127 cm³/mol. The number of aliphatic hydroxyl groups is 1. The molecule has 0 radical (unpaired) electrons. The summed E-state index contributed by atoms with van der Waals surface area (Å²) in [6, 6.07) is 12.5. The average molecular weight is 504 g/mol. The van der Waals surface area contributed by atoms with Crippen molar-refractivity contribution in [2.24, 2.45) is 5.41 Å². The summed E-state index contributed by atoms with van der Waals surface area (Å²) in [5, 5.41) is 22.4. The Hall–Kier alpha value is -3.37. The van der Waals surface area contributed by atoms with Crippen LogP contribution in [0.3, 0.4) is 0 Å². The smallest absolute Gasteiger partial charge is 0.251 e. The van der Waals surface area contributed by atoms with E-state index in [4.69, 9.17) is 0 Å². The Morgan fingerprint density at radius 3 is 2.56 bits per heavy atom. The van der Waals surface area contributed by atoms with Crippen molar-refractivity contribution in [2.45, 2.75) is 32.1 Å². The third-order valence-corrected chi connectivity index (χ3v) is 6.50. The van der Waals surface area contributed by atoms with Gasteiger partial charge in [-0.2, -0.15) is 0 Å². The lowest BCUT2D eigenvalue weighted by molar-refractivity contribution is -0.169. The van der Waals surface area contributed by atoms with Gasteiger partial charge in [-0.1, -0.05) is 30.3 Å². The van der Waals surface area contributed by atoms with Crippen molar-refractivity contribution in [1.29, 1.82) is 0 Å². The Morgan fingerprint density at radius 1 is 1.11 bits per heavy atom. The van der Waals surface area contributed by atoms with Crippen LogP contribution in [0, 0.1) is 17.0 Å². The summed E-state index contributed by atoms with van der Waals surface area (Å²) in [5.74, 6) is -3.76. The van der Waals surface area contributed by atoms with Gasteiger partial charge in [-0.15, -0.1) is 0 Å². The minimum absolute atomic E-state index is 0.0974. The van der Waals surface area contributed by atoms with Gasteiger partial charge in [-0.3, -0.25) is 19.6 Å². The molecule has 3 N–H and O–H groups in total. The van der Waals surface area contributed by atoms with Gasteiger partial charge < -0.3 is 15.3 Å². The van der Waals surface area contributed by atoms with E-state index in [1.165, 1.54) is 0 Å². The van der Waals surface area contributed by atoms with Gasteiger partial charge in [0.15, 0.2) is 11.6 Å². The Balaban J connectivity index is 1.54. The first-order valence-corrected chi connectivity index (χ1v) is 11.9. The summed E-state index contributed by atoms with van der Waals surface area (Å²) in [4.78, 5) is 39.9. The zero-order chi connectivity index (χ0) is 26.1. The van der Waals surface area contributed by atoms with Crippen molar-refractivity contribution in [1.82, 2.24) is 15.3 Å². The molecule has 1 saturated heterocycles. The second kappa shape index (κ2) is 12.5. The number of amides is 3. The number of carbonyl (C=O) groups is 3. The van der Waals surface area contributed by atoms with E-state index in [2.05, 4.69) is 5.32 Å². The number of hydrogen-bond acceptors (Lipinski definition) is 5. The number of carbonyl (C=O) groups excluding carboxylic acids is 3. The highest BCUT2D eigenvalue weighted by Crippen LogP contribution is 2.40. The van der Waals surface area contributed by atoms with E-state index in [1.54, 1.807) is 4.90 Å². The number of hydrogen-bond donors (Lipinski definition) is 3.